The molecule has 218 valence electrons. The number of nitrogens with zero attached hydrogens (tertiary/aromatic N) is 2. The molecule has 2 unspecified atom stereocenters. The van der Waals surface area contributed by atoms with Crippen molar-refractivity contribution in [2.75, 3.05) is 65.7 Å². The molecule has 2 heterocycles. The average Bonchev–Trinajstić information content (AvgIpc) is 3.32. The molecule has 0 aliphatic carbocycles. The highest BCUT2D eigenvalue weighted by molar-refractivity contribution is 5.81. The van der Waals surface area contributed by atoms with E-state index in [1.54, 1.807) is 9.80 Å². The maximum atomic E-state index is 12.3. The van der Waals surface area contributed by atoms with Crippen molar-refractivity contribution < 1.29 is 28.7 Å². The minimum atomic E-state index is -0.230. The fraction of sp³-hybridized carbons (Fsp3) is 0.857. The van der Waals surface area contributed by atoms with Gasteiger partial charge in [0.25, 0.3) is 0 Å². The van der Waals surface area contributed by atoms with Crippen LogP contribution in [0, 0.1) is 22.7 Å². The molecule has 0 radical (unpaired) electrons. The minimum Gasteiger partial charge on any atom is -0.380 e. The van der Waals surface area contributed by atoms with Crippen LogP contribution in [0.3, 0.4) is 0 Å². The van der Waals surface area contributed by atoms with E-state index in [0.29, 0.717) is 90.1 Å². The number of amides is 4. The predicted octanol–water partition coefficient (Wildman–Crippen LogP) is 1.82. The summed E-state index contributed by atoms with van der Waals surface area (Å²) in [6.45, 7) is 17.6. The number of carbonyl (C=O) groups excluding carboxylic acids is 4. The van der Waals surface area contributed by atoms with E-state index in [-0.39, 0.29) is 34.5 Å². The largest absolute Gasteiger partial charge is 0.380 e. The highest BCUT2D eigenvalue weighted by Gasteiger charge is 2.28. The van der Waals surface area contributed by atoms with Gasteiger partial charge in [0, 0.05) is 75.8 Å². The van der Waals surface area contributed by atoms with Gasteiger partial charge in [0.05, 0.1) is 26.4 Å². The number of nitrogens with one attached hydrogen (secondary N) is 2. The summed E-state index contributed by atoms with van der Waals surface area (Å²) in [5, 5.41) is 5.82. The van der Waals surface area contributed by atoms with Gasteiger partial charge in [-0.3, -0.25) is 19.2 Å². The first-order valence-corrected chi connectivity index (χ1v) is 14.0. The molecule has 0 aromatic carbocycles. The Kier molecular flexibility index (Phi) is 12.5. The van der Waals surface area contributed by atoms with Crippen LogP contribution >= 0.6 is 0 Å². The maximum Gasteiger partial charge on any atom is 0.222 e. The lowest BCUT2D eigenvalue weighted by atomic mass is 9.93. The number of carbonyl (C=O) groups is 4. The molecular weight excluding hydrogens is 488 g/mol. The van der Waals surface area contributed by atoms with E-state index in [2.05, 4.69) is 31.4 Å². The Bertz CT molecular complexity index is 815. The van der Waals surface area contributed by atoms with Gasteiger partial charge in [-0.05, 0) is 11.8 Å². The topological polar surface area (TPSA) is 117 Å². The molecule has 0 bridgehead atoms. The Hall–Kier alpha value is -2.20. The Balaban J connectivity index is 1.51. The van der Waals surface area contributed by atoms with E-state index in [4.69, 9.17) is 9.47 Å². The molecule has 2 fully saturated rings. The molecule has 0 aromatic rings. The van der Waals surface area contributed by atoms with E-state index in [1.165, 1.54) is 0 Å². The van der Waals surface area contributed by atoms with E-state index >= 15 is 0 Å². The van der Waals surface area contributed by atoms with Crippen LogP contribution in [0.5, 0.6) is 0 Å². The molecule has 0 spiro atoms. The molecule has 10 heteroatoms. The quantitative estimate of drug-likeness (QED) is 0.273. The standard InChI is InChI=1S/C28H50N4O6/c1-21-13-25(35)31(15-21)10-7-23(33)29-9-12-37-19-28(5,6)20-38-18-27(3,4)17-30-24(34)8-11-32-16-22(2)14-26(32)36/h21-22H,7-20H2,1-6H3,(H,29,33)(H,30,34). The van der Waals surface area contributed by atoms with Crippen LogP contribution in [0.2, 0.25) is 0 Å². The van der Waals surface area contributed by atoms with E-state index in [1.807, 2.05) is 20.8 Å². The lowest BCUT2D eigenvalue weighted by Crippen LogP contribution is -2.39. The summed E-state index contributed by atoms with van der Waals surface area (Å²) in [4.78, 5) is 51.5. The maximum absolute atomic E-state index is 12.3. The first-order chi connectivity index (χ1) is 17.8. The van der Waals surface area contributed by atoms with Crippen LogP contribution in [0.25, 0.3) is 0 Å². The highest BCUT2D eigenvalue weighted by Crippen LogP contribution is 2.20. The third kappa shape index (κ3) is 12.1. The number of ether oxygens (including phenoxy) is 2. The summed E-state index contributed by atoms with van der Waals surface area (Å²) in [6, 6.07) is 0. The summed E-state index contributed by atoms with van der Waals surface area (Å²) in [5.41, 5.74) is -0.428. The number of rotatable bonds is 17. The third-order valence-electron chi connectivity index (χ3n) is 6.84. The lowest BCUT2D eigenvalue weighted by Gasteiger charge is -2.29. The van der Waals surface area contributed by atoms with Crippen molar-refractivity contribution in [3.05, 3.63) is 0 Å². The van der Waals surface area contributed by atoms with Gasteiger partial charge in [-0.25, -0.2) is 0 Å². The van der Waals surface area contributed by atoms with Crippen molar-refractivity contribution in [1.29, 1.82) is 0 Å². The van der Waals surface area contributed by atoms with Crippen molar-refractivity contribution in [3.8, 4) is 0 Å². The van der Waals surface area contributed by atoms with Gasteiger partial charge in [0.1, 0.15) is 0 Å². The summed E-state index contributed by atoms with van der Waals surface area (Å²) in [6.07, 6.45) is 1.78. The van der Waals surface area contributed by atoms with Gasteiger partial charge in [0.15, 0.2) is 0 Å². The molecule has 2 N–H and O–H groups in total. The van der Waals surface area contributed by atoms with Crippen LogP contribution in [0.1, 0.15) is 67.2 Å². The van der Waals surface area contributed by atoms with Gasteiger partial charge in [-0.15, -0.1) is 0 Å². The molecule has 38 heavy (non-hydrogen) atoms. The normalized spacial score (nSPS) is 20.4. The number of hydrogen-bond acceptors (Lipinski definition) is 6. The second kappa shape index (κ2) is 14.8. The van der Waals surface area contributed by atoms with E-state index in [9.17, 15) is 19.2 Å². The van der Waals surface area contributed by atoms with Gasteiger partial charge in [-0.1, -0.05) is 41.5 Å². The second-order valence-corrected chi connectivity index (χ2v) is 12.8. The number of hydrogen-bond donors (Lipinski definition) is 2. The highest BCUT2D eigenvalue weighted by atomic mass is 16.5. The zero-order valence-corrected chi connectivity index (χ0v) is 24.4. The van der Waals surface area contributed by atoms with Crippen LogP contribution in [-0.2, 0) is 28.7 Å². The Morgan fingerprint density at radius 3 is 1.76 bits per heavy atom. The van der Waals surface area contributed by atoms with Gasteiger partial charge in [-0.2, -0.15) is 0 Å². The van der Waals surface area contributed by atoms with Crippen molar-refractivity contribution in [2.24, 2.45) is 22.7 Å². The second-order valence-electron chi connectivity index (χ2n) is 12.8. The molecule has 0 saturated carbocycles. The predicted molar refractivity (Wildman–Crippen MR) is 145 cm³/mol. The Morgan fingerprint density at radius 2 is 1.26 bits per heavy atom. The van der Waals surface area contributed by atoms with Gasteiger partial charge in [0.2, 0.25) is 23.6 Å². The van der Waals surface area contributed by atoms with Crippen LogP contribution in [-0.4, -0.2) is 99.1 Å². The Labute approximate surface area is 228 Å². The first kappa shape index (κ1) is 32.0. The molecule has 2 aliphatic rings. The summed E-state index contributed by atoms with van der Waals surface area (Å²) in [5.74, 6) is 0.877. The monoisotopic (exact) mass is 538 g/mol. The molecule has 10 nitrogen and oxygen atoms in total. The summed E-state index contributed by atoms with van der Waals surface area (Å²) < 4.78 is 11.7. The molecule has 2 rings (SSSR count). The molecule has 2 aliphatic heterocycles. The average molecular weight is 539 g/mol. The molecule has 2 saturated heterocycles. The zero-order valence-electron chi connectivity index (χ0n) is 24.4. The summed E-state index contributed by atoms with van der Waals surface area (Å²) in [7, 11) is 0. The Morgan fingerprint density at radius 1 is 0.789 bits per heavy atom. The third-order valence-corrected chi connectivity index (χ3v) is 6.84. The van der Waals surface area contributed by atoms with E-state index in [0.717, 1.165) is 13.1 Å². The number of likely N-dealkylation sites (tertiary alicyclic amines) is 2. The van der Waals surface area contributed by atoms with Gasteiger partial charge >= 0.3 is 0 Å². The van der Waals surface area contributed by atoms with E-state index < -0.39 is 0 Å². The first-order valence-electron chi connectivity index (χ1n) is 14.0. The van der Waals surface area contributed by atoms with Crippen LogP contribution < -0.4 is 10.6 Å². The molecule has 4 amide bonds. The van der Waals surface area contributed by atoms with Crippen LogP contribution in [0.15, 0.2) is 0 Å². The molecule has 2 atom stereocenters. The van der Waals surface area contributed by atoms with Crippen molar-refractivity contribution in [2.45, 2.75) is 67.2 Å². The van der Waals surface area contributed by atoms with Crippen molar-refractivity contribution >= 4 is 23.6 Å². The van der Waals surface area contributed by atoms with Gasteiger partial charge < -0.3 is 29.9 Å². The molecular formula is C28H50N4O6. The summed E-state index contributed by atoms with van der Waals surface area (Å²) >= 11 is 0. The lowest BCUT2D eigenvalue weighted by molar-refractivity contribution is -0.130. The van der Waals surface area contributed by atoms with Crippen molar-refractivity contribution in [3.63, 3.8) is 0 Å². The smallest absolute Gasteiger partial charge is 0.222 e. The zero-order chi connectivity index (χ0) is 28.3. The van der Waals surface area contributed by atoms with Crippen LogP contribution in [0.4, 0.5) is 0 Å². The minimum absolute atomic E-state index is 0.0506. The fourth-order valence-electron chi connectivity index (χ4n) is 4.67. The fourth-order valence-corrected chi connectivity index (χ4v) is 4.67. The van der Waals surface area contributed by atoms with Crippen molar-refractivity contribution in [1.82, 2.24) is 20.4 Å². The molecule has 0 aromatic heterocycles. The SMILES string of the molecule is CC1CC(=O)N(CCC(=O)NCCOCC(C)(C)COCC(C)(C)CNC(=O)CCN2CC(C)CC2=O)C1.